The molecule has 1 saturated heterocycles. The Hall–Kier alpha value is -0.870. The van der Waals surface area contributed by atoms with Gasteiger partial charge in [0, 0.05) is 4.47 Å². The lowest BCUT2D eigenvalue weighted by Gasteiger charge is -2.23. The lowest BCUT2D eigenvalue weighted by atomic mass is 10.2. The predicted octanol–water partition coefficient (Wildman–Crippen LogP) is 3.18. The van der Waals surface area contributed by atoms with Gasteiger partial charge in [-0.05, 0) is 73.4 Å². The highest BCUT2D eigenvalue weighted by Gasteiger charge is 2.24. The molecule has 1 fully saturated rings. The number of amides is 1. The molecule has 4 heteroatoms. The summed E-state index contributed by atoms with van der Waals surface area (Å²) in [6, 6.07) is 5.89. The van der Waals surface area contributed by atoms with Crippen LogP contribution in [0.4, 0.5) is 5.69 Å². The molecule has 0 radical (unpaired) electrons. The van der Waals surface area contributed by atoms with Crippen LogP contribution >= 0.6 is 15.9 Å². The first-order chi connectivity index (χ1) is 8.58. The first-order valence-corrected chi connectivity index (χ1v) is 7.18. The first kappa shape index (κ1) is 13.6. The van der Waals surface area contributed by atoms with Crippen molar-refractivity contribution in [3.63, 3.8) is 0 Å². The van der Waals surface area contributed by atoms with Gasteiger partial charge >= 0.3 is 0 Å². The third-order valence-corrected chi connectivity index (χ3v) is 4.11. The number of hydrogen-bond donors (Lipinski definition) is 1. The van der Waals surface area contributed by atoms with E-state index in [1.807, 2.05) is 32.0 Å². The zero-order chi connectivity index (χ0) is 13.1. The number of nitrogens with zero attached hydrogens (tertiary/aromatic N) is 1. The average Bonchev–Trinajstić information content (AvgIpc) is 2.85. The number of rotatable bonds is 3. The number of carbonyl (C=O) groups excluding carboxylic acids is 1. The molecule has 0 saturated carbocycles. The molecular weight excluding hydrogens is 292 g/mol. The summed E-state index contributed by atoms with van der Waals surface area (Å²) < 4.78 is 0.935. The zero-order valence-corrected chi connectivity index (χ0v) is 12.5. The summed E-state index contributed by atoms with van der Waals surface area (Å²) in [6.45, 7) is 6.07. The van der Waals surface area contributed by atoms with Gasteiger partial charge in [-0.25, -0.2) is 0 Å². The number of hydrogen-bond acceptors (Lipinski definition) is 2. The predicted molar refractivity (Wildman–Crippen MR) is 77.8 cm³/mol. The molecule has 1 aromatic rings. The molecule has 1 atom stereocenters. The van der Waals surface area contributed by atoms with Crippen LogP contribution in [-0.4, -0.2) is 29.9 Å². The standard InChI is InChI=1S/C14H19BrN2O/c1-10-5-6-13(12(15)9-10)16-14(18)11(2)17-7-3-4-8-17/h5-6,9,11H,3-4,7-8H2,1-2H3,(H,16,18)/t11-/m0/s1. The molecule has 1 aliphatic heterocycles. The summed E-state index contributed by atoms with van der Waals surface area (Å²) in [4.78, 5) is 14.4. The molecule has 1 amide bonds. The van der Waals surface area contributed by atoms with Crippen LogP contribution in [0.2, 0.25) is 0 Å². The van der Waals surface area contributed by atoms with Crippen LogP contribution in [0.5, 0.6) is 0 Å². The summed E-state index contributed by atoms with van der Waals surface area (Å²) in [5.74, 6) is 0.0708. The van der Waals surface area contributed by atoms with E-state index in [4.69, 9.17) is 0 Å². The highest BCUT2D eigenvalue weighted by atomic mass is 79.9. The quantitative estimate of drug-likeness (QED) is 0.930. The van der Waals surface area contributed by atoms with Gasteiger partial charge in [0.05, 0.1) is 11.7 Å². The van der Waals surface area contributed by atoms with Gasteiger partial charge in [-0.3, -0.25) is 9.69 Å². The van der Waals surface area contributed by atoms with Crippen molar-refractivity contribution in [3.05, 3.63) is 28.2 Å². The number of benzene rings is 1. The number of aryl methyl sites for hydroxylation is 1. The molecule has 1 N–H and O–H groups in total. The molecule has 3 nitrogen and oxygen atoms in total. The van der Waals surface area contributed by atoms with Gasteiger partial charge in [-0.15, -0.1) is 0 Å². The van der Waals surface area contributed by atoms with Crippen LogP contribution in [-0.2, 0) is 4.79 Å². The van der Waals surface area contributed by atoms with E-state index in [-0.39, 0.29) is 11.9 Å². The molecule has 2 rings (SSSR count). The monoisotopic (exact) mass is 310 g/mol. The Morgan fingerprint density at radius 1 is 1.39 bits per heavy atom. The maximum atomic E-state index is 12.2. The van der Waals surface area contributed by atoms with Crippen LogP contribution in [0.25, 0.3) is 0 Å². The number of nitrogens with one attached hydrogen (secondary N) is 1. The largest absolute Gasteiger partial charge is 0.324 e. The smallest absolute Gasteiger partial charge is 0.241 e. The van der Waals surface area contributed by atoms with Crippen LogP contribution in [0, 0.1) is 6.92 Å². The molecule has 0 unspecified atom stereocenters. The maximum Gasteiger partial charge on any atom is 0.241 e. The van der Waals surface area contributed by atoms with Gasteiger partial charge < -0.3 is 5.32 Å². The van der Waals surface area contributed by atoms with Crippen molar-refractivity contribution < 1.29 is 4.79 Å². The SMILES string of the molecule is Cc1ccc(NC(=O)[C@H](C)N2CCCC2)c(Br)c1. The minimum absolute atomic E-state index is 0.0549. The van der Waals surface area contributed by atoms with Crippen molar-refractivity contribution in [2.45, 2.75) is 32.7 Å². The van der Waals surface area contributed by atoms with Gasteiger partial charge in [-0.1, -0.05) is 6.07 Å². The average molecular weight is 311 g/mol. The third-order valence-electron chi connectivity index (χ3n) is 3.45. The molecule has 0 spiro atoms. The first-order valence-electron chi connectivity index (χ1n) is 6.39. The van der Waals surface area contributed by atoms with Crippen molar-refractivity contribution in [2.75, 3.05) is 18.4 Å². The number of halogens is 1. The van der Waals surface area contributed by atoms with Crippen molar-refractivity contribution >= 4 is 27.5 Å². The van der Waals surface area contributed by atoms with E-state index in [0.29, 0.717) is 0 Å². The normalized spacial score (nSPS) is 17.7. The second-order valence-electron chi connectivity index (χ2n) is 4.89. The zero-order valence-electron chi connectivity index (χ0n) is 10.9. The van der Waals surface area contributed by atoms with E-state index in [1.54, 1.807) is 0 Å². The third kappa shape index (κ3) is 3.12. The molecule has 18 heavy (non-hydrogen) atoms. The Morgan fingerprint density at radius 3 is 2.67 bits per heavy atom. The molecule has 0 aliphatic carbocycles. The Morgan fingerprint density at radius 2 is 2.06 bits per heavy atom. The van der Waals surface area contributed by atoms with Gasteiger partial charge in [0.25, 0.3) is 0 Å². The Kier molecular flexibility index (Phi) is 4.40. The van der Waals surface area contributed by atoms with E-state index in [2.05, 4.69) is 26.1 Å². The fourth-order valence-corrected chi connectivity index (χ4v) is 2.85. The van der Waals surface area contributed by atoms with E-state index >= 15 is 0 Å². The minimum Gasteiger partial charge on any atom is -0.324 e. The van der Waals surface area contributed by atoms with Crippen molar-refractivity contribution in [3.8, 4) is 0 Å². The lowest BCUT2D eigenvalue weighted by Crippen LogP contribution is -2.40. The summed E-state index contributed by atoms with van der Waals surface area (Å²) >= 11 is 3.48. The maximum absolute atomic E-state index is 12.2. The summed E-state index contributed by atoms with van der Waals surface area (Å²) in [6.07, 6.45) is 2.40. The van der Waals surface area contributed by atoms with Crippen LogP contribution in [0.3, 0.4) is 0 Å². The number of likely N-dealkylation sites (tertiary alicyclic amines) is 1. The number of carbonyl (C=O) groups is 1. The highest BCUT2D eigenvalue weighted by Crippen LogP contribution is 2.24. The van der Waals surface area contributed by atoms with Crippen molar-refractivity contribution in [2.24, 2.45) is 0 Å². The van der Waals surface area contributed by atoms with Crippen LogP contribution in [0.15, 0.2) is 22.7 Å². The van der Waals surface area contributed by atoms with E-state index < -0.39 is 0 Å². The molecule has 1 aromatic carbocycles. The molecule has 1 aliphatic rings. The summed E-state index contributed by atoms with van der Waals surface area (Å²) in [5, 5.41) is 2.99. The van der Waals surface area contributed by atoms with E-state index in [9.17, 15) is 4.79 Å². The molecule has 98 valence electrons. The fourth-order valence-electron chi connectivity index (χ4n) is 2.25. The Bertz CT molecular complexity index is 441. The van der Waals surface area contributed by atoms with Crippen LogP contribution in [0.1, 0.15) is 25.3 Å². The topological polar surface area (TPSA) is 32.3 Å². The van der Waals surface area contributed by atoms with Crippen LogP contribution < -0.4 is 5.32 Å². The Balaban J connectivity index is 2.01. The lowest BCUT2D eigenvalue weighted by molar-refractivity contribution is -0.120. The van der Waals surface area contributed by atoms with E-state index in [1.165, 1.54) is 18.4 Å². The summed E-state index contributed by atoms with van der Waals surface area (Å²) in [7, 11) is 0. The van der Waals surface area contributed by atoms with Gasteiger partial charge in [-0.2, -0.15) is 0 Å². The Labute approximate surface area is 117 Å². The molecule has 1 heterocycles. The second kappa shape index (κ2) is 5.85. The number of anilines is 1. The highest BCUT2D eigenvalue weighted by molar-refractivity contribution is 9.10. The summed E-state index contributed by atoms with van der Waals surface area (Å²) in [5.41, 5.74) is 2.02. The van der Waals surface area contributed by atoms with Gasteiger partial charge in [0.2, 0.25) is 5.91 Å². The minimum atomic E-state index is -0.0549. The van der Waals surface area contributed by atoms with Gasteiger partial charge in [0.15, 0.2) is 0 Å². The van der Waals surface area contributed by atoms with Gasteiger partial charge in [0.1, 0.15) is 0 Å². The molecular formula is C14H19BrN2O. The molecule has 0 aromatic heterocycles. The molecule has 0 bridgehead atoms. The van der Waals surface area contributed by atoms with Crippen molar-refractivity contribution in [1.29, 1.82) is 0 Å². The van der Waals surface area contributed by atoms with Crippen molar-refractivity contribution in [1.82, 2.24) is 4.90 Å². The fraction of sp³-hybridized carbons (Fsp3) is 0.500. The van der Waals surface area contributed by atoms with E-state index in [0.717, 1.165) is 23.2 Å². The second-order valence-corrected chi connectivity index (χ2v) is 5.75.